The molecule has 0 aromatic carbocycles. The maximum atomic E-state index is 11.3. The third kappa shape index (κ3) is 2.10. The molecule has 0 aromatic rings. The Morgan fingerprint density at radius 1 is 1.36 bits per heavy atom. The van der Waals surface area contributed by atoms with Crippen LogP contribution in [0.5, 0.6) is 0 Å². The van der Waals surface area contributed by atoms with Gasteiger partial charge in [0.2, 0.25) is 5.91 Å². The summed E-state index contributed by atoms with van der Waals surface area (Å²) in [5.74, 6) is 0.226. The second-order valence-electron chi connectivity index (χ2n) is 5.48. The van der Waals surface area contributed by atoms with Crippen LogP contribution in [0.15, 0.2) is 0 Å². The van der Waals surface area contributed by atoms with E-state index in [2.05, 4.69) is 33.0 Å². The molecule has 0 radical (unpaired) electrons. The van der Waals surface area contributed by atoms with Crippen LogP contribution in [0.2, 0.25) is 0 Å². The zero-order valence-electron chi connectivity index (χ0n) is 9.94. The van der Waals surface area contributed by atoms with Crippen LogP contribution in [-0.4, -0.2) is 12.5 Å². The van der Waals surface area contributed by atoms with E-state index in [1.54, 1.807) is 0 Å². The first kappa shape index (κ1) is 11.5. The Balaban J connectivity index is 2.83. The monoisotopic (exact) mass is 197 g/mol. The van der Waals surface area contributed by atoms with Crippen LogP contribution in [0.3, 0.4) is 0 Å². The molecule has 1 saturated heterocycles. The van der Waals surface area contributed by atoms with E-state index in [9.17, 15) is 4.79 Å². The van der Waals surface area contributed by atoms with Crippen molar-refractivity contribution in [2.75, 3.05) is 6.54 Å². The van der Waals surface area contributed by atoms with Gasteiger partial charge in [-0.15, -0.1) is 0 Å². The summed E-state index contributed by atoms with van der Waals surface area (Å²) >= 11 is 0. The van der Waals surface area contributed by atoms with Crippen molar-refractivity contribution in [2.45, 2.75) is 53.4 Å². The van der Waals surface area contributed by atoms with Gasteiger partial charge >= 0.3 is 0 Å². The van der Waals surface area contributed by atoms with E-state index in [1.165, 1.54) is 6.42 Å². The summed E-state index contributed by atoms with van der Waals surface area (Å²) < 4.78 is 0. The summed E-state index contributed by atoms with van der Waals surface area (Å²) in [6.07, 6.45) is 4.04. The highest BCUT2D eigenvalue weighted by molar-refractivity contribution is 5.76. The van der Waals surface area contributed by atoms with E-state index in [4.69, 9.17) is 0 Å². The van der Waals surface area contributed by atoms with Crippen LogP contribution in [0.1, 0.15) is 53.4 Å². The number of nitrogens with one attached hydrogen (secondary N) is 1. The molecule has 1 amide bonds. The molecule has 0 aromatic heterocycles. The standard InChI is InChI=1S/C12H23NO/c1-5-12(11(2,3)4)7-6-10(14)13-9-8-12/h5-9H2,1-4H3,(H,13,14). The second-order valence-corrected chi connectivity index (χ2v) is 5.48. The molecule has 1 atom stereocenters. The van der Waals surface area contributed by atoms with Gasteiger partial charge in [0.05, 0.1) is 0 Å². The molecule has 0 aliphatic carbocycles. The molecule has 0 saturated carbocycles. The molecule has 1 fully saturated rings. The van der Waals surface area contributed by atoms with Crippen LogP contribution in [-0.2, 0) is 4.79 Å². The van der Waals surface area contributed by atoms with E-state index in [0.717, 1.165) is 19.4 Å². The van der Waals surface area contributed by atoms with Crippen molar-refractivity contribution in [1.82, 2.24) is 5.32 Å². The van der Waals surface area contributed by atoms with Gasteiger partial charge in [-0.3, -0.25) is 4.79 Å². The molecule has 1 N–H and O–H groups in total. The van der Waals surface area contributed by atoms with Gasteiger partial charge in [-0.1, -0.05) is 27.7 Å². The number of amides is 1. The first-order valence-electron chi connectivity index (χ1n) is 5.68. The van der Waals surface area contributed by atoms with Gasteiger partial charge in [0.1, 0.15) is 0 Å². The Bertz CT molecular complexity index is 217. The van der Waals surface area contributed by atoms with Crippen molar-refractivity contribution in [3.05, 3.63) is 0 Å². The molecule has 1 aliphatic rings. The minimum Gasteiger partial charge on any atom is -0.356 e. The lowest BCUT2D eigenvalue weighted by Gasteiger charge is -2.44. The van der Waals surface area contributed by atoms with Gasteiger partial charge in [-0.25, -0.2) is 0 Å². The van der Waals surface area contributed by atoms with Crippen molar-refractivity contribution in [3.63, 3.8) is 0 Å². The molecule has 1 heterocycles. The topological polar surface area (TPSA) is 29.1 Å². The smallest absolute Gasteiger partial charge is 0.220 e. The van der Waals surface area contributed by atoms with Crippen molar-refractivity contribution in [1.29, 1.82) is 0 Å². The normalized spacial score (nSPS) is 29.6. The molecule has 82 valence electrons. The predicted octanol–water partition coefficient (Wildman–Crippen LogP) is 2.73. The zero-order valence-corrected chi connectivity index (χ0v) is 9.94. The average molecular weight is 197 g/mol. The Morgan fingerprint density at radius 3 is 2.50 bits per heavy atom. The fraction of sp³-hybridized carbons (Fsp3) is 0.917. The first-order valence-corrected chi connectivity index (χ1v) is 5.68. The third-order valence-corrected chi connectivity index (χ3v) is 4.02. The molecular weight excluding hydrogens is 174 g/mol. The van der Waals surface area contributed by atoms with Gasteiger partial charge in [0.25, 0.3) is 0 Å². The molecule has 14 heavy (non-hydrogen) atoms. The van der Waals surface area contributed by atoms with Gasteiger partial charge in [-0.2, -0.15) is 0 Å². The summed E-state index contributed by atoms with van der Waals surface area (Å²) in [5, 5.41) is 2.97. The fourth-order valence-corrected chi connectivity index (χ4v) is 2.64. The van der Waals surface area contributed by atoms with E-state index < -0.39 is 0 Å². The SMILES string of the molecule is CCC1(C(C)(C)C)CCNC(=O)CC1. The maximum absolute atomic E-state index is 11.3. The second kappa shape index (κ2) is 3.92. The first-order chi connectivity index (χ1) is 6.41. The van der Waals surface area contributed by atoms with E-state index in [1.807, 2.05) is 0 Å². The minimum absolute atomic E-state index is 0.226. The quantitative estimate of drug-likeness (QED) is 0.688. The zero-order chi connectivity index (χ0) is 10.8. The Kier molecular flexibility index (Phi) is 3.23. The summed E-state index contributed by atoms with van der Waals surface area (Å²) in [7, 11) is 0. The van der Waals surface area contributed by atoms with Crippen molar-refractivity contribution in [2.24, 2.45) is 10.8 Å². The predicted molar refractivity (Wildman–Crippen MR) is 59.0 cm³/mol. The Hall–Kier alpha value is -0.530. The summed E-state index contributed by atoms with van der Waals surface area (Å²) in [4.78, 5) is 11.3. The van der Waals surface area contributed by atoms with Crippen LogP contribution < -0.4 is 5.32 Å². The third-order valence-electron chi connectivity index (χ3n) is 4.02. The van der Waals surface area contributed by atoms with Crippen LogP contribution in [0.4, 0.5) is 0 Å². The molecule has 0 spiro atoms. The highest BCUT2D eigenvalue weighted by atomic mass is 16.1. The highest BCUT2D eigenvalue weighted by Crippen LogP contribution is 2.48. The van der Waals surface area contributed by atoms with E-state index in [0.29, 0.717) is 17.3 Å². The largest absolute Gasteiger partial charge is 0.356 e. The number of hydrogen-bond donors (Lipinski definition) is 1. The molecule has 1 unspecified atom stereocenters. The number of carbonyl (C=O) groups is 1. The summed E-state index contributed by atoms with van der Waals surface area (Å²) in [6.45, 7) is 10.00. The lowest BCUT2D eigenvalue weighted by atomic mass is 9.61. The number of rotatable bonds is 1. The van der Waals surface area contributed by atoms with Gasteiger partial charge in [-0.05, 0) is 30.1 Å². The minimum atomic E-state index is 0.226. The highest BCUT2D eigenvalue weighted by Gasteiger charge is 2.40. The molecule has 2 nitrogen and oxygen atoms in total. The van der Waals surface area contributed by atoms with Crippen LogP contribution in [0, 0.1) is 10.8 Å². The fourth-order valence-electron chi connectivity index (χ4n) is 2.64. The average Bonchev–Trinajstić information content (AvgIpc) is 2.26. The number of carbonyl (C=O) groups excluding carboxylic acids is 1. The number of hydrogen-bond acceptors (Lipinski definition) is 1. The Morgan fingerprint density at radius 2 is 2.00 bits per heavy atom. The van der Waals surface area contributed by atoms with Crippen molar-refractivity contribution >= 4 is 5.91 Å². The molecular formula is C12H23NO. The summed E-state index contributed by atoms with van der Waals surface area (Å²) in [5.41, 5.74) is 0.639. The Labute approximate surface area is 87.5 Å². The lowest BCUT2D eigenvalue weighted by Crippen LogP contribution is -2.36. The van der Waals surface area contributed by atoms with Crippen molar-refractivity contribution in [3.8, 4) is 0 Å². The van der Waals surface area contributed by atoms with Crippen molar-refractivity contribution < 1.29 is 4.79 Å². The van der Waals surface area contributed by atoms with Gasteiger partial charge in [0, 0.05) is 13.0 Å². The molecule has 0 bridgehead atoms. The molecule has 1 aliphatic heterocycles. The van der Waals surface area contributed by atoms with Gasteiger partial charge in [0.15, 0.2) is 0 Å². The van der Waals surface area contributed by atoms with Crippen LogP contribution in [0.25, 0.3) is 0 Å². The lowest BCUT2D eigenvalue weighted by molar-refractivity contribution is -0.121. The van der Waals surface area contributed by atoms with Gasteiger partial charge < -0.3 is 5.32 Å². The van der Waals surface area contributed by atoms with Crippen LogP contribution >= 0.6 is 0 Å². The van der Waals surface area contributed by atoms with E-state index in [-0.39, 0.29) is 5.91 Å². The maximum Gasteiger partial charge on any atom is 0.220 e. The molecule has 2 heteroatoms. The molecule has 1 rings (SSSR count). The van der Waals surface area contributed by atoms with E-state index >= 15 is 0 Å². The summed E-state index contributed by atoms with van der Waals surface area (Å²) in [6, 6.07) is 0.